The number of nitrogens with zero attached hydrogens (tertiary/aromatic N) is 2. The number of carbonyl (C=O) groups is 2. The van der Waals surface area contributed by atoms with Gasteiger partial charge in [0.15, 0.2) is 6.61 Å². The summed E-state index contributed by atoms with van der Waals surface area (Å²) in [6.07, 6.45) is 1.68. The predicted molar refractivity (Wildman–Crippen MR) is 113 cm³/mol. The number of anilines is 1. The van der Waals surface area contributed by atoms with E-state index in [1.807, 2.05) is 0 Å². The Balaban J connectivity index is 1.82. The molecule has 10 heteroatoms. The molecule has 0 aliphatic rings. The zero-order valence-corrected chi connectivity index (χ0v) is 18.2. The SMILES string of the molecule is CN(c1ccc(F)cc1)S(=O)(=O)c1ccc(Cl)c(C(=O)OCC(=O)c2cccn2C)c1. The van der Waals surface area contributed by atoms with Gasteiger partial charge in [0, 0.05) is 20.3 Å². The van der Waals surface area contributed by atoms with E-state index in [0.717, 1.165) is 22.5 Å². The number of hydrogen-bond acceptors (Lipinski definition) is 5. The van der Waals surface area contributed by atoms with Gasteiger partial charge >= 0.3 is 5.97 Å². The highest BCUT2D eigenvalue weighted by Gasteiger charge is 2.25. The molecular weight excluding hydrogens is 447 g/mol. The van der Waals surface area contributed by atoms with Gasteiger partial charge in [0.25, 0.3) is 10.0 Å². The molecule has 3 rings (SSSR count). The molecule has 7 nitrogen and oxygen atoms in total. The molecule has 162 valence electrons. The van der Waals surface area contributed by atoms with Crippen LogP contribution in [0.25, 0.3) is 0 Å². The van der Waals surface area contributed by atoms with Gasteiger partial charge in [-0.05, 0) is 54.6 Å². The molecular formula is C21H18ClFN2O5S. The van der Waals surface area contributed by atoms with Crippen molar-refractivity contribution in [2.75, 3.05) is 18.0 Å². The van der Waals surface area contributed by atoms with Gasteiger partial charge < -0.3 is 9.30 Å². The molecule has 0 atom stereocenters. The molecule has 31 heavy (non-hydrogen) atoms. The quantitative estimate of drug-likeness (QED) is 0.393. The maximum Gasteiger partial charge on any atom is 0.340 e. The van der Waals surface area contributed by atoms with Crippen molar-refractivity contribution in [2.45, 2.75) is 4.90 Å². The van der Waals surface area contributed by atoms with Gasteiger partial charge in [-0.2, -0.15) is 0 Å². The molecule has 0 saturated carbocycles. The van der Waals surface area contributed by atoms with E-state index in [1.165, 1.54) is 31.3 Å². The van der Waals surface area contributed by atoms with Crippen LogP contribution in [0.1, 0.15) is 20.8 Å². The zero-order valence-electron chi connectivity index (χ0n) is 16.6. The lowest BCUT2D eigenvalue weighted by Crippen LogP contribution is -2.27. The standard InChI is InChI=1S/C21H18ClFN2O5S/c1-24-11-3-4-19(24)20(26)13-30-21(27)17-12-16(9-10-18(17)22)31(28,29)25(2)15-7-5-14(23)6-8-15/h3-12H,13H2,1-2H3. The average molecular weight is 465 g/mol. The van der Waals surface area contributed by atoms with Crippen LogP contribution in [-0.4, -0.2) is 38.4 Å². The summed E-state index contributed by atoms with van der Waals surface area (Å²) >= 11 is 6.06. The van der Waals surface area contributed by atoms with Gasteiger partial charge in [-0.25, -0.2) is 17.6 Å². The molecule has 1 heterocycles. The van der Waals surface area contributed by atoms with E-state index in [1.54, 1.807) is 29.9 Å². The Labute approximate surface area is 183 Å². The summed E-state index contributed by atoms with van der Waals surface area (Å²) in [4.78, 5) is 24.4. The van der Waals surface area contributed by atoms with E-state index in [0.29, 0.717) is 5.69 Å². The third kappa shape index (κ3) is 4.78. The highest BCUT2D eigenvalue weighted by atomic mass is 35.5. The largest absolute Gasteiger partial charge is 0.454 e. The van der Waals surface area contributed by atoms with Gasteiger partial charge in [-0.3, -0.25) is 9.10 Å². The Morgan fingerprint density at radius 1 is 1.13 bits per heavy atom. The van der Waals surface area contributed by atoms with Gasteiger partial charge in [-0.15, -0.1) is 0 Å². The summed E-state index contributed by atoms with van der Waals surface area (Å²) in [6, 6.07) is 11.7. The molecule has 0 amide bonds. The average Bonchev–Trinajstić information content (AvgIpc) is 3.18. The fraction of sp³-hybridized carbons (Fsp3) is 0.143. The Kier molecular flexibility index (Phi) is 6.47. The molecule has 0 N–H and O–H groups in total. The van der Waals surface area contributed by atoms with Crippen molar-refractivity contribution in [3.63, 3.8) is 0 Å². The molecule has 0 aliphatic heterocycles. The first kappa shape index (κ1) is 22.5. The fourth-order valence-corrected chi connectivity index (χ4v) is 4.22. The van der Waals surface area contributed by atoms with Crippen molar-refractivity contribution < 1.29 is 27.1 Å². The number of aryl methyl sites for hydroxylation is 1. The number of rotatable bonds is 7. The van der Waals surface area contributed by atoms with E-state index < -0.39 is 34.2 Å². The lowest BCUT2D eigenvalue weighted by Gasteiger charge is -2.20. The molecule has 3 aromatic rings. The minimum absolute atomic E-state index is 0.0281. The predicted octanol–water partition coefficient (Wildman–Crippen LogP) is 3.68. The van der Waals surface area contributed by atoms with E-state index in [2.05, 4.69) is 0 Å². The molecule has 2 aromatic carbocycles. The topological polar surface area (TPSA) is 85.7 Å². The summed E-state index contributed by atoms with van der Waals surface area (Å²) < 4.78 is 46.6. The second-order valence-electron chi connectivity index (χ2n) is 6.59. The molecule has 0 spiro atoms. The van der Waals surface area contributed by atoms with Crippen LogP contribution in [0, 0.1) is 5.82 Å². The van der Waals surface area contributed by atoms with Crippen LogP contribution >= 0.6 is 11.6 Å². The molecule has 0 saturated heterocycles. The van der Waals surface area contributed by atoms with Gasteiger partial charge in [0.05, 0.1) is 26.9 Å². The third-order valence-corrected chi connectivity index (χ3v) is 6.68. The van der Waals surface area contributed by atoms with Crippen molar-refractivity contribution in [3.05, 3.63) is 82.9 Å². The minimum atomic E-state index is -4.08. The summed E-state index contributed by atoms with van der Waals surface area (Å²) in [7, 11) is -1.10. The molecule has 0 radical (unpaired) electrons. The molecule has 0 fully saturated rings. The highest BCUT2D eigenvalue weighted by Crippen LogP contribution is 2.26. The van der Waals surface area contributed by atoms with Gasteiger partial charge in [0.2, 0.25) is 5.78 Å². The third-order valence-electron chi connectivity index (χ3n) is 4.57. The monoisotopic (exact) mass is 464 g/mol. The van der Waals surface area contributed by atoms with Crippen molar-refractivity contribution in [1.29, 1.82) is 0 Å². The number of hydrogen-bond donors (Lipinski definition) is 0. The Hall–Kier alpha value is -3.17. The summed E-state index contributed by atoms with van der Waals surface area (Å²) in [6.45, 7) is -0.528. The van der Waals surface area contributed by atoms with Crippen LogP contribution < -0.4 is 4.31 Å². The van der Waals surface area contributed by atoms with Crippen LogP contribution in [0.3, 0.4) is 0 Å². The molecule has 0 unspecified atom stereocenters. The molecule has 0 aliphatic carbocycles. The van der Waals surface area contributed by atoms with E-state index >= 15 is 0 Å². The highest BCUT2D eigenvalue weighted by molar-refractivity contribution is 7.92. The number of carbonyl (C=O) groups excluding carboxylic acids is 2. The second-order valence-corrected chi connectivity index (χ2v) is 8.97. The first-order valence-corrected chi connectivity index (χ1v) is 10.8. The molecule has 1 aromatic heterocycles. The summed E-state index contributed by atoms with van der Waals surface area (Å²) in [5, 5.41) is -0.0281. The van der Waals surface area contributed by atoms with E-state index in [4.69, 9.17) is 16.3 Å². The van der Waals surface area contributed by atoms with Crippen LogP contribution in [0.2, 0.25) is 5.02 Å². The first-order valence-electron chi connectivity index (χ1n) is 8.97. The maximum atomic E-state index is 13.1. The first-order chi connectivity index (χ1) is 14.6. The number of aromatic nitrogens is 1. The van der Waals surface area contributed by atoms with E-state index in [9.17, 15) is 22.4 Å². The molecule has 0 bridgehead atoms. The Bertz CT molecular complexity index is 1240. The van der Waals surface area contributed by atoms with Crippen LogP contribution in [0.5, 0.6) is 0 Å². The lowest BCUT2D eigenvalue weighted by atomic mass is 10.2. The fourth-order valence-electron chi connectivity index (χ4n) is 2.80. The summed E-state index contributed by atoms with van der Waals surface area (Å²) in [5.74, 6) is -1.86. The number of Topliss-reactive ketones (excluding diaryl/α,β-unsaturated/α-hetero) is 1. The normalized spacial score (nSPS) is 11.2. The van der Waals surface area contributed by atoms with Gasteiger partial charge in [0.1, 0.15) is 5.82 Å². The number of ether oxygens (including phenoxy) is 1. The lowest BCUT2D eigenvalue weighted by molar-refractivity contribution is 0.0472. The van der Waals surface area contributed by atoms with Crippen LogP contribution in [-0.2, 0) is 21.8 Å². The van der Waals surface area contributed by atoms with Crippen LogP contribution in [0.15, 0.2) is 65.7 Å². The minimum Gasteiger partial charge on any atom is -0.454 e. The van der Waals surface area contributed by atoms with E-state index in [-0.39, 0.29) is 21.2 Å². The zero-order chi connectivity index (χ0) is 22.8. The number of ketones is 1. The smallest absolute Gasteiger partial charge is 0.340 e. The van der Waals surface area contributed by atoms with Gasteiger partial charge in [-0.1, -0.05) is 11.6 Å². The number of halogens is 2. The number of sulfonamides is 1. The van der Waals surface area contributed by atoms with Crippen molar-refractivity contribution >= 4 is 39.1 Å². The summed E-state index contributed by atoms with van der Waals surface area (Å²) in [5.41, 5.74) is 0.389. The number of benzene rings is 2. The Morgan fingerprint density at radius 2 is 1.81 bits per heavy atom. The van der Waals surface area contributed by atoms with Crippen molar-refractivity contribution in [1.82, 2.24) is 4.57 Å². The van der Waals surface area contributed by atoms with Crippen LogP contribution in [0.4, 0.5) is 10.1 Å². The maximum absolute atomic E-state index is 13.1. The Morgan fingerprint density at radius 3 is 2.42 bits per heavy atom. The second kappa shape index (κ2) is 8.91. The van der Waals surface area contributed by atoms with Crippen molar-refractivity contribution in [3.8, 4) is 0 Å². The van der Waals surface area contributed by atoms with Crippen molar-refractivity contribution in [2.24, 2.45) is 7.05 Å². The number of esters is 1.